The summed E-state index contributed by atoms with van der Waals surface area (Å²) < 4.78 is 5.97. The second kappa shape index (κ2) is 3.82. The molecule has 0 aromatic heterocycles. The highest BCUT2D eigenvalue weighted by molar-refractivity contribution is 5.59. The molecule has 0 amide bonds. The molecule has 0 fully saturated rings. The molecule has 1 aromatic rings. The molecule has 1 nitrogen and oxygen atoms in total. The Morgan fingerprint density at radius 2 is 1.94 bits per heavy atom. The standard InChI is InChI=1S/C15H18O/c1-5-13-12-9-7-6-8-11(12)10-14(16-13)15(2,3)4/h5-10,13H,1H2,2-4H3. The molecule has 1 unspecified atom stereocenters. The van der Waals surface area contributed by atoms with Crippen LogP contribution in [0.1, 0.15) is 38.0 Å². The van der Waals surface area contributed by atoms with Crippen molar-refractivity contribution in [3.8, 4) is 0 Å². The summed E-state index contributed by atoms with van der Waals surface area (Å²) in [5, 5.41) is 0. The van der Waals surface area contributed by atoms with Crippen LogP contribution in [-0.4, -0.2) is 0 Å². The first-order valence-corrected chi connectivity index (χ1v) is 5.62. The van der Waals surface area contributed by atoms with E-state index in [-0.39, 0.29) is 11.5 Å². The molecule has 16 heavy (non-hydrogen) atoms. The fourth-order valence-electron chi connectivity index (χ4n) is 1.85. The SMILES string of the molecule is C=CC1OC(C(C)(C)C)=Cc2ccccc21. The molecular formula is C15H18O. The highest BCUT2D eigenvalue weighted by Crippen LogP contribution is 2.38. The van der Waals surface area contributed by atoms with E-state index in [1.54, 1.807) is 0 Å². The van der Waals surface area contributed by atoms with E-state index in [1.807, 2.05) is 12.1 Å². The van der Waals surface area contributed by atoms with Crippen LogP contribution >= 0.6 is 0 Å². The van der Waals surface area contributed by atoms with E-state index in [0.717, 1.165) is 5.76 Å². The van der Waals surface area contributed by atoms with E-state index >= 15 is 0 Å². The smallest absolute Gasteiger partial charge is 0.142 e. The van der Waals surface area contributed by atoms with Gasteiger partial charge in [-0.05, 0) is 17.7 Å². The number of hydrogen-bond donors (Lipinski definition) is 0. The molecule has 2 rings (SSSR count). The number of benzene rings is 1. The molecule has 0 bridgehead atoms. The second-order valence-corrected chi connectivity index (χ2v) is 5.16. The van der Waals surface area contributed by atoms with Crippen molar-refractivity contribution in [2.45, 2.75) is 26.9 Å². The normalized spacial score (nSPS) is 19.4. The van der Waals surface area contributed by atoms with Crippen LogP contribution in [0.25, 0.3) is 6.08 Å². The first-order valence-electron chi connectivity index (χ1n) is 5.62. The summed E-state index contributed by atoms with van der Waals surface area (Å²) in [4.78, 5) is 0. The maximum absolute atomic E-state index is 5.97. The van der Waals surface area contributed by atoms with Crippen LogP contribution in [0.15, 0.2) is 42.7 Å². The minimum Gasteiger partial charge on any atom is -0.485 e. The Labute approximate surface area is 97.4 Å². The molecule has 0 aliphatic carbocycles. The van der Waals surface area contributed by atoms with Crippen molar-refractivity contribution in [1.29, 1.82) is 0 Å². The fraction of sp³-hybridized carbons (Fsp3) is 0.333. The van der Waals surface area contributed by atoms with Crippen LogP contribution in [0.5, 0.6) is 0 Å². The van der Waals surface area contributed by atoms with E-state index in [1.165, 1.54) is 11.1 Å². The number of hydrogen-bond acceptors (Lipinski definition) is 1. The Balaban J connectivity index is 2.51. The zero-order valence-electron chi connectivity index (χ0n) is 10.2. The largest absolute Gasteiger partial charge is 0.485 e. The van der Waals surface area contributed by atoms with Crippen molar-refractivity contribution in [1.82, 2.24) is 0 Å². The van der Waals surface area contributed by atoms with Gasteiger partial charge in [0, 0.05) is 11.0 Å². The van der Waals surface area contributed by atoms with Gasteiger partial charge in [0.2, 0.25) is 0 Å². The van der Waals surface area contributed by atoms with Gasteiger partial charge in [-0.25, -0.2) is 0 Å². The Kier molecular flexibility index (Phi) is 2.63. The summed E-state index contributed by atoms with van der Waals surface area (Å²) >= 11 is 0. The number of allylic oxidation sites excluding steroid dienone is 1. The summed E-state index contributed by atoms with van der Waals surface area (Å²) in [6.45, 7) is 10.3. The minimum atomic E-state index is -0.0181. The lowest BCUT2D eigenvalue weighted by molar-refractivity contribution is 0.106. The topological polar surface area (TPSA) is 9.23 Å². The molecule has 84 valence electrons. The first-order chi connectivity index (χ1) is 7.52. The molecule has 0 saturated carbocycles. The van der Waals surface area contributed by atoms with Gasteiger partial charge in [-0.1, -0.05) is 51.6 Å². The van der Waals surface area contributed by atoms with Crippen molar-refractivity contribution in [3.63, 3.8) is 0 Å². The van der Waals surface area contributed by atoms with Gasteiger partial charge < -0.3 is 4.74 Å². The molecular weight excluding hydrogens is 196 g/mol. The van der Waals surface area contributed by atoms with Gasteiger partial charge in [0.25, 0.3) is 0 Å². The fourth-order valence-corrected chi connectivity index (χ4v) is 1.85. The minimum absolute atomic E-state index is 0.0181. The number of ether oxygens (including phenoxy) is 1. The van der Waals surface area contributed by atoms with Crippen molar-refractivity contribution in [3.05, 3.63) is 53.8 Å². The maximum atomic E-state index is 5.97. The molecule has 1 aromatic carbocycles. The number of fused-ring (bicyclic) bond motifs is 1. The van der Waals surface area contributed by atoms with Crippen LogP contribution < -0.4 is 0 Å². The third-order valence-corrected chi connectivity index (χ3v) is 2.80. The third kappa shape index (κ3) is 1.90. The summed E-state index contributed by atoms with van der Waals surface area (Å²) in [5.74, 6) is 1.02. The molecule has 1 heterocycles. The summed E-state index contributed by atoms with van der Waals surface area (Å²) in [6.07, 6.45) is 3.97. The van der Waals surface area contributed by atoms with Crippen LogP contribution in [-0.2, 0) is 4.74 Å². The van der Waals surface area contributed by atoms with Crippen LogP contribution in [0, 0.1) is 5.41 Å². The van der Waals surface area contributed by atoms with Crippen LogP contribution in [0.3, 0.4) is 0 Å². The molecule has 0 saturated heterocycles. The third-order valence-electron chi connectivity index (χ3n) is 2.80. The van der Waals surface area contributed by atoms with E-state index in [0.29, 0.717) is 0 Å². The van der Waals surface area contributed by atoms with Gasteiger partial charge in [-0.2, -0.15) is 0 Å². The maximum Gasteiger partial charge on any atom is 0.142 e. The van der Waals surface area contributed by atoms with E-state index < -0.39 is 0 Å². The van der Waals surface area contributed by atoms with Gasteiger partial charge in [-0.3, -0.25) is 0 Å². The molecule has 1 heteroatoms. The van der Waals surface area contributed by atoms with Gasteiger partial charge in [0.05, 0.1) is 0 Å². The quantitative estimate of drug-likeness (QED) is 0.632. The molecule has 0 N–H and O–H groups in total. The highest BCUT2D eigenvalue weighted by Gasteiger charge is 2.26. The first kappa shape index (κ1) is 11.0. The van der Waals surface area contributed by atoms with Crippen molar-refractivity contribution in [2.24, 2.45) is 5.41 Å². The monoisotopic (exact) mass is 214 g/mol. The number of rotatable bonds is 1. The summed E-state index contributed by atoms with van der Waals surface area (Å²) in [5.41, 5.74) is 2.48. The molecule has 0 radical (unpaired) electrons. The zero-order valence-corrected chi connectivity index (χ0v) is 10.2. The lowest BCUT2D eigenvalue weighted by Gasteiger charge is -2.31. The summed E-state index contributed by atoms with van der Waals surface area (Å²) in [7, 11) is 0. The van der Waals surface area contributed by atoms with E-state index in [9.17, 15) is 0 Å². The van der Waals surface area contributed by atoms with Gasteiger partial charge in [-0.15, -0.1) is 0 Å². The van der Waals surface area contributed by atoms with Crippen molar-refractivity contribution >= 4 is 6.08 Å². The van der Waals surface area contributed by atoms with Crippen molar-refractivity contribution in [2.75, 3.05) is 0 Å². The average molecular weight is 214 g/mol. The highest BCUT2D eigenvalue weighted by atomic mass is 16.5. The Hall–Kier alpha value is -1.50. The van der Waals surface area contributed by atoms with Crippen LogP contribution in [0.4, 0.5) is 0 Å². The molecule has 0 spiro atoms. The zero-order chi connectivity index (χ0) is 11.8. The summed E-state index contributed by atoms with van der Waals surface area (Å²) in [6, 6.07) is 8.31. The average Bonchev–Trinajstić information content (AvgIpc) is 2.26. The van der Waals surface area contributed by atoms with Gasteiger partial charge >= 0.3 is 0 Å². The van der Waals surface area contributed by atoms with Crippen molar-refractivity contribution < 1.29 is 4.74 Å². The predicted octanol–water partition coefficient (Wildman–Crippen LogP) is 4.33. The Morgan fingerprint density at radius 1 is 1.25 bits per heavy atom. The van der Waals surface area contributed by atoms with E-state index in [2.05, 4.69) is 51.6 Å². The van der Waals surface area contributed by atoms with Gasteiger partial charge in [0.15, 0.2) is 0 Å². The Morgan fingerprint density at radius 3 is 2.56 bits per heavy atom. The second-order valence-electron chi connectivity index (χ2n) is 5.16. The molecule has 1 atom stereocenters. The predicted molar refractivity (Wildman–Crippen MR) is 67.9 cm³/mol. The van der Waals surface area contributed by atoms with E-state index in [4.69, 9.17) is 4.74 Å². The Bertz CT molecular complexity index is 435. The lowest BCUT2D eigenvalue weighted by Crippen LogP contribution is -2.18. The molecule has 1 aliphatic heterocycles. The van der Waals surface area contributed by atoms with Crippen LogP contribution in [0.2, 0.25) is 0 Å². The van der Waals surface area contributed by atoms with Gasteiger partial charge in [0.1, 0.15) is 11.9 Å². The molecule has 1 aliphatic rings. The lowest BCUT2D eigenvalue weighted by atomic mass is 9.89.